The van der Waals surface area contributed by atoms with E-state index in [0.717, 1.165) is 39.0 Å². The quantitative estimate of drug-likeness (QED) is 0.163. The van der Waals surface area contributed by atoms with Crippen LogP contribution in [0.3, 0.4) is 0 Å². The number of hydrogen-bond donors (Lipinski definition) is 2. The van der Waals surface area contributed by atoms with E-state index in [1.165, 1.54) is 16.3 Å². The first-order chi connectivity index (χ1) is 27.8. The molecule has 15 heteroatoms. The lowest BCUT2D eigenvalue weighted by molar-refractivity contribution is -0.157. The summed E-state index contributed by atoms with van der Waals surface area (Å²) >= 11 is 1.21. The number of carbonyl (C=O) groups is 3. The number of aromatic nitrogens is 3. The van der Waals surface area contributed by atoms with Crippen LogP contribution in [0.25, 0.3) is 33.4 Å². The molecule has 58 heavy (non-hydrogen) atoms. The Hall–Kier alpha value is -4.31. The molecule has 5 heterocycles. The molecule has 2 amide bonds. The van der Waals surface area contributed by atoms with Gasteiger partial charge in [0.05, 0.1) is 36.4 Å². The van der Waals surface area contributed by atoms with Gasteiger partial charge in [-0.15, -0.1) is 11.3 Å². The highest BCUT2D eigenvalue weighted by molar-refractivity contribution is 7.10. The number of aryl methyl sites for hydroxylation is 1. The average Bonchev–Trinajstić information content (AvgIpc) is 3.50. The van der Waals surface area contributed by atoms with Crippen molar-refractivity contribution in [1.29, 1.82) is 0 Å². The monoisotopic (exact) mass is 820 g/mol. The summed E-state index contributed by atoms with van der Waals surface area (Å²) in [5.41, 5.74) is 8.70. The summed E-state index contributed by atoms with van der Waals surface area (Å²) in [4.78, 5) is 51.8. The molecule has 1 saturated carbocycles. The molecule has 2 aliphatic heterocycles. The first-order valence-electron chi connectivity index (χ1n) is 20.2. The Bertz CT molecular complexity index is 2150. The first kappa shape index (κ1) is 41.8. The van der Waals surface area contributed by atoms with Crippen LogP contribution in [0.2, 0.25) is 0 Å². The second kappa shape index (κ2) is 17.1. The summed E-state index contributed by atoms with van der Waals surface area (Å²) in [5.74, 6) is -1.54. The van der Waals surface area contributed by atoms with Crippen LogP contribution in [0.5, 0.6) is 0 Å². The summed E-state index contributed by atoms with van der Waals surface area (Å²) in [7, 11) is 1.66. The van der Waals surface area contributed by atoms with Crippen molar-refractivity contribution in [3.8, 4) is 22.5 Å². The van der Waals surface area contributed by atoms with Crippen LogP contribution < -0.4 is 10.7 Å². The van der Waals surface area contributed by atoms with Crippen LogP contribution in [-0.4, -0.2) is 89.1 Å². The summed E-state index contributed by atoms with van der Waals surface area (Å²) in [6.07, 6.45) is -0.295. The van der Waals surface area contributed by atoms with E-state index in [-0.39, 0.29) is 42.9 Å². The molecule has 1 aliphatic carbocycles. The second-order valence-electron chi connectivity index (χ2n) is 16.7. The molecule has 0 spiro atoms. The van der Waals surface area contributed by atoms with Crippen LogP contribution in [0.4, 0.5) is 8.78 Å². The Balaban J connectivity index is 1.40. The predicted molar refractivity (Wildman–Crippen MR) is 217 cm³/mol. The molecular weight excluding hydrogens is 767 g/mol. The van der Waals surface area contributed by atoms with Crippen LogP contribution in [0, 0.1) is 23.2 Å². The van der Waals surface area contributed by atoms with Crippen LogP contribution in [0.1, 0.15) is 82.9 Å². The van der Waals surface area contributed by atoms with Crippen molar-refractivity contribution >= 4 is 40.0 Å². The second-order valence-corrected chi connectivity index (χ2v) is 17.6. The fourth-order valence-electron chi connectivity index (χ4n) is 8.40. The zero-order valence-electron chi connectivity index (χ0n) is 34.2. The largest absolute Gasteiger partial charge is 0.464 e. The maximum Gasteiger partial charge on any atom is 0.324 e. The van der Waals surface area contributed by atoms with Crippen LogP contribution >= 0.6 is 11.3 Å². The zero-order valence-corrected chi connectivity index (χ0v) is 35.0. The molecule has 12 nitrogen and oxygen atoms in total. The first-order valence-corrected chi connectivity index (χ1v) is 21.1. The number of amides is 2. The van der Waals surface area contributed by atoms with Gasteiger partial charge in [-0.25, -0.2) is 19.2 Å². The van der Waals surface area contributed by atoms with Gasteiger partial charge < -0.3 is 24.1 Å². The number of fused-ring (bicyclic) bond motifs is 6. The van der Waals surface area contributed by atoms with Crippen molar-refractivity contribution in [2.24, 2.45) is 23.2 Å². The molecule has 2 N–H and O–H groups in total. The molecule has 3 aliphatic rings. The van der Waals surface area contributed by atoms with Crippen molar-refractivity contribution in [2.45, 2.75) is 97.8 Å². The minimum Gasteiger partial charge on any atom is -0.464 e. The van der Waals surface area contributed by atoms with E-state index in [2.05, 4.69) is 54.3 Å². The number of rotatable bonds is 10. The van der Waals surface area contributed by atoms with Gasteiger partial charge in [0.2, 0.25) is 5.91 Å². The van der Waals surface area contributed by atoms with Crippen LogP contribution in [-0.2, 0) is 41.6 Å². The SMILES string of the molecule is CCn1c(-c2cccnc2[C@H](C)OC)c2c3cc(ccc31)-c1csc(n1)[C@@H](OC[C@@H](F)CF)[C@H](NC(=O)C1[C@@H](C)[C@H]1C)C(=O)N1CCC[C@H](N1)C(=O)OCC(C)(C)C2. The molecule has 7 rings (SSSR count). The lowest BCUT2D eigenvalue weighted by Crippen LogP contribution is -2.61. The molecule has 312 valence electrons. The van der Waals surface area contributed by atoms with E-state index in [1.807, 2.05) is 38.3 Å². The van der Waals surface area contributed by atoms with Gasteiger partial charge >= 0.3 is 5.97 Å². The molecule has 4 aromatic rings. The van der Waals surface area contributed by atoms with Gasteiger partial charge in [-0.1, -0.05) is 33.8 Å². The van der Waals surface area contributed by atoms with Gasteiger partial charge in [-0.2, -0.15) is 0 Å². The third-order valence-electron chi connectivity index (χ3n) is 12.0. The van der Waals surface area contributed by atoms with E-state index in [4.69, 9.17) is 24.2 Å². The maximum atomic E-state index is 14.6. The van der Waals surface area contributed by atoms with Gasteiger partial charge in [0.1, 0.15) is 29.9 Å². The van der Waals surface area contributed by atoms with E-state index in [1.54, 1.807) is 13.3 Å². The topological polar surface area (TPSA) is 137 Å². The highest BCUT2D eigenvalue weighted by atomic mass is 32.1. The van der Waals surface area contributed by atoms with Crippen molar-refractivity contribution in [3.63, 3.8) is 0 Å². The Morgan fingerprint density at radius 2 is 1.98 bits per heavy atom. The number of alkyl halides is 2. The molecule has 0 radical (unpaired) electrons. The Morgan fingerprint density at radius 3 is 2.69 bits per heavy atom. The number of halogens is 2. The smallest absolute Gasteiger partial charge is 0.324 e. The number of benzene rings is 1. The van der Waals surface area contributed by atoms with Gasteiger partial charge in [-0.3, -0.25) is 24.4 Å². The van der Waals surface area contributed by atoms with Gasteiger partial charge in [0.25, 0.3) is 5.91 Å². The lowest BCUT2D eigenvalue weighted by atomic mass is 9.84. The summed E-state index contributed by atoms with van der Waals surface area (Å²) < 4.78 is 48.2. The van der Waals surface area contributed by atoms with E-state index < -0.39 is 54.9 Å². The Labute approximate surface area is 342 Å². The molecule has 2 fully saturated rings. The number of hydrazine groups is 1. The summed E-state index contributed by atoms with van der Waals surface area (Å²) in [6.45, 7) is 11.2. The van der Waals surface area contributed by atoms with Crippen molar-refractivity contribution in [2.75, 3.05) is 33.5 Å². The van der Waals surface area contributed by atoms with Crippen molar-refractivity contribution in [3.05, 3.63) is 58.2 Å². The highest BCUT2D eigenvalue weighted by Gasteiger charge is 2.50. The Kier molecular flexibility index (Phi) is 12.3. The third kappa shape index (κ3) is 8.27. The third-order valence-corrected chi connectivity index (χ3v) is 12.9. The number of ether oxygens (including phenoxy) is 3. The number of thiazole rings is 1. The van der Waals surface area contributed by atoms with Gasteiger partial charge in [0.15, 0.2) is 6.17 Å². The van der Waals surface area contributed by atoms with Crippen molar-refractivity contribution in [1.82, 2.24) is 30.3 Å². The fraction of sp³-hybridized carbons (Fsp3) is 0.558. The van der Waals surface area contributed by atoms with Crippen LogP contribution in [0.15, 0.2) is 41.9 Å². The molecule has 1 unspecified atom stereocenters. The molecule has 1 aromatic carbocycles. The molecular formula is C43H54F2N6O6S. The standard InChI is InChI=1S/C43H54F2N6O6S/c1-8-50-33-14-13-26-17-29(33)30(37(50)28-11-9-15-46-35(28)25(4)55-7)18-43(5,6)22-57-42(54)31-12-10-16-51(49-31)41(53)36(48-39(52)34-23(2)24(34)3)38(56-20-27(45)19-44)40-47-32(26)21-58-40/h9,11,13-15,17,21,23-25,27,31,34,36,38,49H,8,10,12,16,18-20,22H2,1-7H3,(H,48,52)/t23-,24+,25-,27-,31-,34?,36-,38-/m0/s1. The number of hydrogen-bond acceptors (Lipinski definition) is 10. The number of cyclic esters (lactones) is 1. The molecule has 3 aromatic heterocycles. The lowest BCUT2D eigenvalue weighted by Gasteiger charge is -2.37. The number of nitrogens with one attached hydrogen (secondary N) is 2. The zero-order chi connectivity index (χ0) is 41.5. The number of pyridine rings is 1. The minimum absolute atomic E-state index is 0.102. The maximum absolute atomic E-state index is 14.6. The number of nitrogens with zero attached hydrogens (tertiary/aromatic N) is 4. The highest BCUT2D eigenvalue weighted by Crippen LogP contribution is 2.46. The van der Waals surface area contributed by atoms with Gasteiger partial charge in [0, 0.05) is 65.1 Å². The van der Waals surface area contributed by atoms with E-state index >= 15 is 0 Å². The number of methoxy groups -OCH3 is 1. The number of esters is 1. The molecule has 1 saturated heterocycles. The molecule has 8 atom stereocenters. The van der Waals surface area contributed by atoms with Crippen molar-refractivity contribution < 1.29 is 37.4 Å². The van der Waals surface area contributed by atoms with E-state index in [9.17, 15) is 23.2 Å². The van der Waals surface area contributed by atoms with Gasteiger partial charge in [-0.05, 0) is 74.8 Å². The Morgan fingerprint density at radius 1 is 1.21 bits per heavy atom. The normalized spacial score (nSPS) is 25.8. The average molecular weight is 821 g/mol. The number of carbonyl (C=O) groups excluding carboxylic acids is 3. The predicted octanol–water partition coefficient (Wildman–Crippen LogP) is 6.93. The minimum atomic E-state index is -1.95. The fourth-order valence-corrected chi connectivity index (χ4v) is 9.31. The summed E-state index contributed by atoms with van der Waals surface area (Å²) in [5, 5.41) is 7.37. The van der Waals surface area contributed by atoms with E-state index in [0.29, 0.717) is 36.5 Å². The molecule has 6 bridgehead atoms. The summed E-state index contributed by atoms with van der Waals surface area (Å²) in [6, 6.07) is 7.93.